The molecule has 1 aromatic rings. The number of nitrogens with zero attached hydrogens (tertiary/aromatic N) is 3. The smallest absolute Gasteiger partial charge is 0.223 e. The second-order valence-corrected chi connectivity index (χ2v) is 9.68. The Kier molecular flexibility index (Phi) is 6.87. The molecule has 5 nitrogen and oxygen atoms in total. The summed E-state index contributed by atoms with van der Waals surface area (Å²) in [6.07, 6.45) is 1.75. The third-order valence-corrected chi connectivity index (χ3v) is 5.57. The molecular formula is C22H38N4O. The number of aromatic nitrogens is 2. The van der Waals surface area contributed by atoms with Crippen LogP contribution in [0, 0.1) is 11.8 Å². The lowest BCUT2D eigenvalue weighted by Gasteiger charge is -2.34. The minimum atomic E-state index is -0.00742. The van der Waals surface area contributed by atoms with E-state index >= 15 is 0 Å². The van der Waals surface area contributed by atoms with Crippen molar-refractivity contribution in [2.75, 3.05) is 18.0 Å². The van der Waals surface area contributed by atoms with Gasteiger partial charge in [0.1, 0.15) is 11.6 Å². The van der Waals surface area contributed by atoms with Gasteiger partial charge in [-0.1, -0.05) is 48.5 Å². The summed E-state index contributed by atoms with van der Waals surface area (Å²) >= 11 is 0. The first kappa shape index (κ1) is 21.6. The highest BCUT2D eigenvalue weighted by atomic mass is 16.1. The Hall–Kier alpha value is -1.65. The minimum Gasteiger partial charge on any atom is -0.356 e. The van der Waals surface area contributed by atoms with Crippen LogP contribution in [0.2, 0.25) is 0 Å². The van der Waals surface area contributed by atoms with E-state index in [9.17, 15) is 4.79 Å². The van der Waals surface area contributed by atoms with Crippen LogP contribution in [-0.2, 0) is 10.2 Å². The molecule has 0 aromatic carbocycles. The molecule has 1 atom stereocenters. The molecule has 152 valence electrons. The van der Waals surface area contributed by atoms with Crippen molar-refractivity contribution in [3.05, 3.63) is 17.6 Å². The van der Waals surface area contributed by atoms with E-state index in [1.807, 2.05) is 0 Å². The molecule has 0 aliphatic carbocycles. The first-order valence-electron chi connectivity index (χ1n) is 10.4. The van der Waals surface area contributed by atoms with Crippen LogP contribution in [0.25, 0.3) is 0 Å². The van der Waals surface area contributed by atoms with Crippen LogP contribution in [-0.4, -0.2) is 35.0 Å². The lowest BCUT2D eigenvalue weighted by atomic mass is 9.91. The van der Waals surface area contributed by atoms with E-state index in [2.05, 4.69) is 71.7 Å². The molecule has 2 rings (SSSR count). The van der Waals surface area contributed by atoms with Crippen molar-refractivity contribution in [2.24, 2.45) is 11.8 Å². The highest BCUT2D eigenvalue weighted by Gasteiger charge is 2.28. The fourth-order valence-corrected chi connectivity index (χ4v) is 3.14. The van der Waals surface area contributed by atoms with Crippen molar-refractivity contribution in [3.63, 3.8) is 0 Å². The topological polar surface area (TPSA) is 58.1 Å². The van der Waals surface area contributed by atoms with Crippen molar-refractivity contribution in [1.82, 2.24) is 15.3 Å². The van der Waals surface area contributed by atoms with Gasteiger partial charge in [-0.25, -0.2) is 9.97 Å². The van der Waals surface area contributed by atoms with E-state index < -0.39 is 0 Å². The molecule has 1 amide bonds. The molecule has 1 saturated heterocycles. The summed E-state index contributed by atoms with van der Waals surface area (Å²) < 4.78 is 0. The van der Waals surface area contributed by atoms with Crippen molar-refractivity contribution in [1.29, 1.82) is 0 Å². The highest BCUT2D eigenvalue weighted by Crippen LogP contribution is 2.28. The molecular weight excluding hydrogens is 336 g/mol. The van der Waals surface area contributed by atoms with E-state index in [4.69, 9.17) is 9.97 Å². The second-order valence-electron chi connectivity index (χ2n) is 9.68. The molecule has 2 heterocycles. The van der Waals surface area contributed by atoms with Gasteiger partial charge in [0.15, 0.2) is 0 Å². The molecule has 0 bridgehead atoms. The first-order chi connectivity index (χ1) is 12.5. The predicted molar refractivity (Wildman–Crippen MR) is 112 cm³/mol. The second kappa shape index (κ2) is 8.57. The Balaban J connectivity index is 2.09. The van der Waals surface area contributed by atoms with Crippen LogP contribution in [0.5, 0.6) is 0 Å². The van der Waals surface area contributed by atoms with Gasteiger partial charge >= 0.3 is 0 Å². The number of carbonyl (C=O) groups is 1. The number of anilines is 1. The van der Waals surface area contributed by atoms with Crippen molar-refractivity contribution in [3.8, 4) is 0 Å². The molecule has 5 heteroatoms. The maximum atomic E-state index is 12.5. The van der Waals surface area contributed by atoms with Gasteiger partial charge in [0.25, 0.3) is 0 Å². The van der Waals surface area contributed by atoms with E-state index in [-0.39, 0.29) is 23.3 Å². The summed E-state index contributed by atoms with van der Waals surface area (Å²) in [5, 5.41) is 3.17. The molecule has 0 saturated carbocycles. The quantitative estimate of drug-likeness (QED) is 0.836. The van der Waals surface area contributed by atoms with Gasteiger partial charge in [-0.15, -0.1) is 0 Å². The van der Waals surface area contributed by atoms with Gasteiger partial charge in [0.05, 0.1) is 5.69 Å². The van der Waals surface area contributed by atoms with Gasteiger partial charge in [-0.3, -0.25) is 4.79 Å². The summed E-state index contributed by atoms with van der Waals surface area (Å²) in [7, 11) is 0. The summed E-state index contributed by atoms with van der Waals surface area (Å²) in [5.74, 6) is 2.98. The molecule has 1 aliphatic heterocycles. The molecule has 1 unspecified atom stereocenters. The normalized spacial score (nSPS) is 17.5. The largest absolute Gasteiger partial charge is 0.356 e. The SMILES string of the molecule is CC(C)c1nc(N2CCC(C(=O)NC(C)C(C)C)CC2)cc(C(C)(C)C)n1. The number of carbonyl (C=O) groups excluding carboxylic acids is 1. The molecule has 0 radical (unpaired) electrons. The van der Waals surface area contributed by atoms with Gasteiger partial charge in [-0.05, 0) is 25.7 Å². The summed E-state index contributed by atoms with van der Waals surface area (Å²) in [6, 6.07) is 2.35. The fourth-order valence-electron chi connectivity index (χ4n) is 3.14. The van der Waals surface area contributed by atoms with Gasteiger partial charge < -0.3 is 10.2 Å². The van der Waals surface area contributed by atoms with Crippen molar-refractivity contribution < 1.29 is 4.79 Å². The maximum absolute atomic E-state index is 12.5. The number of hydrogen-bond donors (Lipinski definition) is 1. The Morgan fingerprint density at radius 2 is 1.70 bits per heavy atom. The van der Waals surface area contributed by atoms with Crippen LogP contribution >= 0.6 is 0 Å². The zero-order valence-electron chi connectivity index (χ0n) is 18.5. The first-order valence-corrected chi connectivity index (χ1v) is 10.4. The standard InChI is InChI=1S/C22H38N4O/c1-14(2)16(5)23-21(27)17-9-11-26(12-10-17)19-13-18(22(6,7)8)24-20(25-19)15(3)4/h13-17H,9-12H2,1-8H3,(H,23,27). The van der Waals surface area contributed by atoms with Gasteiger partial charge in [-0.2, -0.15) is 0 Å². The lowest BCUT2D eigenvalue weighted by Crippen LogP contribution is -2.44. The third-order valence-electron chi connectivity index (χ3n) is 5.57. The molecule has 1 aromatic heterocycles. The Bertz CT molecular complexity index is 640. The molecule has 1 N–H and O–H groups in total. The zero-order valence-corrected chi connectivity index (χ0v) is 18.5. The predicted octanol–water partition coefficient (Wildman–Crippen LogP) is 4.27. The molecule has 0 spiro atoms. The average Bonchev–Trinajstić information content (AvgIpc) is 2.60. The summed E-state index contributed by atoms with van der Waals surface area (Å²) in [5.41, 5.74) is 1.08. The fraction of sp³-hybridized carbons (Fsp3) is 0.773. The Labute approximate surface area is 165 Å². The number of piperidine rings is 1. The van der Waals surface area contributed by atoms with Crippen molar-refractivity contribution in [2.45, 2.75) is 85.6 Å². The Morgan fingerprint density at radius 1 is 1.11 bits per heavy atom. The maximum Gasteiger partial charge on any atom is 0.223 e. The molecule has 1 fully saturated rings. The van der Waals surface area contributed by atoms with Crippen LogP contribution in [0.1, 0.15) is 85.7 Å². The van der Waals surface area contributed by atoms with E-state index in [0.29, 0.717) is 11.8 Å². The van der Waals surface area contributed by atoms with Gasteiger partial charge in [0, 0.05) is 42.4 Å². The number of rotatable bonds is 5. The third kappa shape index (κ3) is 5.66. The summed E-state index contributed by atoms with van der Waals surface area (Å²) in [4.78, 5) is 24.5. The molecule has 27 heavy (non-hydrogen) atoms. The van der Waals surface area contributed by atoms with Gasteiger partial charge in [0.2, 0.25) is 5.91 Å². The number of nitrogens with one attached hydrogen (secondary N) is 1. The number of amides is 1. The number of hydrogen-bond acceptors (Lipinski definition) is 4. The van der Waals surface area contributed by atoms with Crippen LogP contribution < -0.4 is 10.2 Å². The lowest BCUT2D eigenvalue weighted by molar-refractivity contribution is -0.126. The summed E-state index contributed by atoms with van der Waals surface area (Å²) in [6.45, 7) is 18.9. The Morgan fingerprint density at radius 3 is 2.19 bits per heavy atom. The average molecular weight is 375 g/mol. The van der Waals surface area contributed by atoms with Crippen LogP contribution in [0.4, 0.5) is 5.82 Å². The molecule has 1 aliphatic rings. The zero-order chi connectivity index (χ0) is 20.4. The van der Waals surface area contributed by atoms with Crippen LogP contribution in [0.3, 0.4) is 0 Å². The van der Waals surface area contributed by atoms with Crippen molar-refractivity contribution >= 4 is 11.7 Å². The van der Waals surface area contributed by atoms with E-state index in [1.165, 1.54) is 0 Å². The van der Waals surface area contributed by atoms with Crippen LogP contribution in [0.15, 0.2) is 6.07 Å². The highest BCUT2D eigenvalue weighted by molar-refractivity contribution is 5.79. The van der Waals surface area contributed by atoms with E-state index in [0.717, 1.165) is 43.3 Å². The minimum absolute atomic E-state index is 0.00742. The monoisotopic (exact) mass is 374 g/mol. The van der Waals surface area contributed by atoms with E-state index in [1.54, 1.807) is 0 Å².